The first kappa shape index (κ1) is 15.8. The molecular weight excluding hydrogens is 309 g/mol. The van der Waals surface area contributed by atoms with Crippen LogP contribution < -0.4 is 10.6 Å². The molecule has 9 heteroatoms. The molecule has 0 spiro atoms. The smallest absolute Gasteiger partial charge is 0.363 e. The van der Waals surface area contributed by atoms with Crippen molar-refractivity contribution in [2.75, 3.05) is 0 Å². The lowest BCUT2D eigenvalue weighted by molar-refractivity contribution is -0.290. The molecule has 3 N–H and O–H groups in total. The highest BCUT2D eigenvalue weighted by Crippen LogP contribution is 2.44. The molecule has 0 aromatic carbocycles. The number of alkyl halides is 3. The van der Waals surface area contributed by atoms with E-state index in [9.17, 15) is 27.9 Å². The summed E-state index contributed by atoms with van der Waals surface area (Å²) in [7, 11) is 0. The average Bonchev–Trinajstić information content (AvgIpc) is 2.72. The highest BCUT2D eigenvalue weighted by Gasteiger charge is 2.65. The second-order valence-electron chi connectivity index (χ2n) is 4.90. The monoisotopic (exact) mass is 322 g/mol. The minimum atomic E-state index is -5.18. The summed E-state index contributed by atoms with van der Waals surface area (Å²) in [5, 5.41) is 15.3. The summed E-state index contributed by atoms with van der Waals surface area (Å²) in [6, 6.07) is -0.745. The first-order valence-corrected chi connectivity index (χ1v) is 6.88. The number of carbonyl (C=O) groups excluding carboxylic acids is 2. The first-order chi connectivity index (χ1) is 9.58. The van der Waals surface area contributed by atoms with E-state index in [-0.39, 0.29) is 0 Å². The number of carbonyl (C=O) groups is 2. The Kier molecular flexibility index (Phi) is 3.75. The van der Waals surface area contributed by atoms with Gasteiger partial charge in [0.05, 0.1) is 12.0 Å². The molecule has 0 bridgehead atoms. The van der Waals surface area contributed by atoms with Gasteiger partial charge in [-0.2, -0.15) is 13.2 Å². The van der Waals surface area contributed by atoms with Crippen molar-refractivity contribution in [3.8, 4) is 0 Å². The zero-order chi connectivity index (χ0) is 16.0. The maximum absolute atomic E-state index is 13.2. The Morgan fingerprint density at radius 2 is 2.10 bits per heavy atom. The molecule has 3 atom stereocenters. The summed E-state index contributed by atoms with van der Waals surface area (Å²) in [6.07, 6.45) is -5.18. The van der Waals surface area contributed by atoms with E-state index < -0.39 is 35.7 Å². The first-order valence-electron chi connectivity index (χ1n) is 6.00. The Balaban J connectivity index is 2.57. The molecule has 0 saturated carbocycles. The van der Waals surface area contributed by atoms with Gasteiger partial charge in [0.2, 0.25) is 5.72 Å². The van der Waals surface area contributed by atoms with Crippen LogP contribution in [0, 0.1) is 12.8 Å². The van der Waals surface area contributed by atoms with E-state index in [0.717, 1.165) is 18.3 Å². The van der Waals surface area contributed by atoms with Gasteiger partial charge in [0.1, 0.15) is 5.78 Å². The zero-order valence-electron chi connectivity index (χ0n) is 11.1. The predicted molar refractivity (Wildman–Crippen MR) is 68.6 cm³/mol. The number of hydrogen-bond acceptors (Lipinski definition) is 4. The van der Waals surface area contributed by atoms with Crippen LogP contribution in [0.4, 0.5) is 18.0 Å². The Morgan fingerprint density at radius 3 is 2.52 bits per heavy atom. The van der Waals surface area contributed by atoms with E-state index in [1.807, 2.05) is 0 Å². The van der Waals surface area contributed by atoms with Gasteiger partial charge in [-0.05, 0) is 30.9 Å². The van der Waals surface area contributed by atoms with Gasteiger partial charge in [0.15, 0.2) is 0 Å². The van der Waals surface area contributed by atoms with Crippen LogP contribution in [0.15, 0.2) is 11.4 Å². The highest BCUT2D eigenvalue weighted by atomic mass is 32.1. The molecule has 0 aliphatic carbocycles. The Bertz CT molecular complexity index is 587. The molecule has 21 heavy (non-hydrogen) atoms. The van der Waals surface area contributed by atoms with Crippen molar-refractivity contribution < 1.29 is 27.9 Å². The zero-order valence-corrected chi connectivity index (χ0v) is 11.9. The molecule has 1 aromatic rings. The number of hydrogen-bond donors (Lipinski definition) is 3. The standard InChI is InChI=1S/C12H13F3N2O3S/c1-5-3-4-21-9(5)8-7(6(2)18)11(20,12(13,14)15)17-10(19)16-8/h3-4,7-8,20H,1-2H3,(H2,16,17,19)/t7-,8-,11+/m1/s1. The third-order valence-electron chi connectivity index (χ3n) is 3.43. The van der Waals surface area contributed by atoms with E-state index in [1.54, 1.807) is 18.4 Å². The number of aliphatic hydroxyl groups is 1. The minimum Gasteiger partial charge on any atom is -0.363 e. The normalized spacial score (nSPS) is 29.7. The van der Waals surface area contributed by atoms with Gasteiger partial charge in [-0.1, -0.05) is 0 Å². The van der Waals surface area contributed by atoms with Crippen molar-refractivity contribution in [2.24, 2.45) is 5.92 Å². The SMILES string of the molecule is CC(=O)[C@@H]1[C@H](c2sccc2C)NC(=O)N[C@@]1(O)C(F)(F)F. The van der Waals surface area contributed by atoms with E-state index in [4.69, 9.17) is 0 Å². The number of thiophene rings is 1. The number of Topliss-reactive ketones (excluding diaryl/α,β-unsaturated/α-hetero) is 1. The van der Waals surface area contributed by atoms with Crippen molar-refractivity contribution in [1.82, 2.24) is 10.6 Å². The van der Waals surface area contributed by atoms with Crippen LogP contribution in [0.25, 0.3) is 0 Å². The minimum absolute atomic E-state index is 0.410. The quantitative estimate of drug-likeness (QED) is 0.778. The summed E-state index contributed by atoms with van der Waals surface area (Å²) >= 11 is 1.12. The van der Waals surface area contributed by atoms with Gasteiger partial charge in [0, 0.05) is 4.88 Å². The van der Waals surface area contributed by atoms with Crippen LogP contribution in [-0.2, 0) is 4.79 Å². The molecule has 1 aromatic heterocycles. The lowest BCUT2D eigenvalue weighted by Gasteiger charge is -2.44. The largest absolute Gasteiger partial charge is 0.437 e. The second-order valence-corrected chi connectivity index (χ2v) is 5.84. The Hall–Kier alpha value is -1.61. The molecule has 5 nitrogen and oxygen atoms in total. The van der Waals surface area contributed by atoms with E-state index in [2.05, 4.69) is 5.32 Å². The maximum atomic E-state index is 13.2. The molecule has 1 aliphatic heterocycles. The van der Waals surface area contributed by atoms with Crippen molar-refractivity contribution in [3.05, 3.63) is 21.9 Å². The van der Waals surface area contributed by atoms with Gasteiger partial charge in [-0.15, -0.1) is 11.3 Å². The number of urea groups is 1. The number of halogens is 3. The fourth-order valence-electron chi connectivity index (χ4n) is 2.45. The van der Waals surface area contributed by atoms with Crippen molar-refractivity contribution in [2.45, 2.75) is 31.8 Å². The number of amides is 2. The van der Waals surface area contributed by atoms with Gasteiger partial charge in [0.25, 0.3) is 0 Å². The lowest BCUT2D eigenvalue weighted by atomic mass is 9.81. The highest BCUT2D eigenvalue weighted by molar-refractivity contribution is 7.10. The van der Waals surface area contributed by atoms with Crippen molar-refractivity contribution in [3.63, 3.8) is 0 Å². The number of nitrogens with one attached hydrogen (secondary N) is 2. The van der Waals surface area contributed by atoms with Gasteiger partial charge >= 0.3 is 12.2 Å². The predicted octanol–water partition coefficient (Wildman–Crippen LogP) is 1.87. The summed E-state index contributed by atoms with van der Waals surface area (Å²) < 4.78 is 39.6. The van der Waals surface area contributed by atoms with E-state index >= 15 is 0 Å². The third-order valence-corrected chi connectivity index (χ3v) is 4.53. The Labute approximate surface area is 122 Å². The topological polar surface area (TPSA) is 78.4 Å². The summed E-state index contributed by atoms with van der Waals surface area (Å²) in [4.78, 5) is 23.7. The number of aryl methyl sites for hydroxylation is 1. The molecule has 116 valence electrons. The second kappa shape index (κ2) is 4.99. The maximum Gasteiger partial charge on any atom is 0.437 e. The molecule has 0 unspecified atom stereocenters. The fraction of sp³-hybridized carbons (Fsp3) is 0.500. The van der Waals surface area contributed by atoms with Crippen LogP contribution in [-0.4, -0.2) is 28.8 Å². The van der Waals surface area contributed by atoms with Crippen LogP contribution in [0.1, 0.15) is 23.4 Å². The molecule has 1 saturated heterocycles. The summed E-state index contributed by atoms with van der Waals surface area (Å²) in [6.45, 7) is 2.61. The van der Waals surface area contributed by atoms with E-state index in [0.29, 0.717) is 10.4 Å². The van der Waals surface area contributed by atoms with E-state index in [1.165, 1.54) is 5.32 Å². The van der Waals surface area contributed by atoms with Gasteiger partial charge in [-0.25, -0.2) is 4.79 Å². The lowest BCUT2D eigenvalue weighted by Crippen LogP contribution is -2.72. The summed E-state index contributed by atoms with van der Waals surface area (Å²) in [5.41, 5.74) is -2.95. The van der Waals surface area contributed by atoms with Crippen molar-refractivity contribution in [1.29, 1.82) is 0 Å². The number of rotatable bonds is 2. The molecule has 0 radical (unpaired) electrons. The van der Waals surface area contributed by atoms with Gasteiger partial charge in [-0.3, -0.25) is 4.79 Å². The average molecular weight is 322 g/mol. The van der Waals surface area contributed by atoms with Gasteiger partial charge < -0.3 is 15.7 Å². The van der Waals surface area contributed by atoms with Crippen LogP contribution >= 0.6 is 11.3 Å². The van der Waals surface area contributed by atoms with Crippen molar-refractivity contribution >= 4 is 23.2 Å². The van der Waals surface area contributed by atoms with Crippen LogP contribution in [0.5, 0.6) is 0 Å². The van der Waals surface area contributed by atoms with Crippen LogP contribution in [0.3, 0.4) is 0 Å². The molecule has 2 heterocycles. The van der Waals surface area contributed by atoms with Crippen LogP contribution in [0.2, 0.25) is 0 Å². The molecule has 2 rings (SSSR count). The fourth-order valence-corrected chi connectivity index (χ4v) is 3.46. The number of ketones is 1. The summed E-state index contributed by atoms with van der Waals surface area (Å²) in [5.74, 6) is -2.74. The molecule has 1 fully saturated rings. The Morgan fingerprint density at radius 1 is 1.48 bits per heavy atom. The molecule has 1 aliphatic rings. The third kappa shape index (κ3) is 2.51. The molecule has 2 amide bonds. The molecular formula is C12H13F3N2O3S.